The van der Waals surface area contributed by atoms with Crippen molar-refractivity contribution in [3.63, 3.8) is 0 Å². The third kappa shape index (κ3) is 3.89. The van der Waals surface area contributed by atoms with Crippen LogP contribution in [0, 0.1) is 10.9 Å². The van der Waals surface area contributed by atoms with Crippen molar-refractivity contribution in [1.29, 1.82) is 0 Å². The van der Waals surface area contributed by atoms with Crippen molar-refractivity contribution in [2.45, 2.75) is 13.3 Å². The number of carbonyl (C=O) groups excluding carboxylic acids is 1. The first-order valence-electron chi connectivity index (χ1n) is 5.39. The highest BCUT2D eigenvalue weighted by Gasteiger charge is 2.09. The number of benzene rings is 1. The standard InChI is InChI=1S/C12H10BrClN2OS2/c1-6-10(19-12(18)15-6)5-11(17)16-7-2-3-8(13)9(14)4-7/h2-4H,5H2,1H3,(H,15,18)(H,16,17). The molecule has 1 heterocycles. The monoisotopic (exact) mass is 376 g/mol. The minimum Gasteiger partial charge on any atom is -0.341 e. The summed E-state index contributed by atoms with van der Waals surface area (Å²) in [7, 11) is 0. The lowest BCUT2D eigenvalue weighted by Crippen LogP contribution is -2.14. The smallest absolute Gasteiger partial charge is 0.229 e. The molecule has 2 N–H and O–H groups in total. The molecule has 7 heteroatoms. The highest BCUT2D eigenvalue weighted by atomic mass is 79.9. The molecule has 2 aromatic rings. The van der Waals surface area contributed by atoms with Crippen LogP contribution in [0.2, 0.25) is 5.02 Å². The Bertz CT molecular complexity index is 681. The molecule has 1 aromatic heterocycles. The van der Waals surface area contributed by atoms with Crippen molar-refractivity contribution in [3.05, 3.63) is 42.2 Å². The Labute approximate surface area is 133 Å². The van der Waals surface area contributed by atoms with E-state index in [0.29, 0.717) is 21.1 Å². The molecule has 0 aliphatic rings. The van der Waals surface area contributed by atoms with Crippen molar-refractivity contribution in [2.24, 2.45) is 0 Å². The minimum atomic E-state index is -0.0910. The number of halogens is 2. The van der Waals surface area contributed by atoms with Crippen LogP contribution >= 0.6 is 51.1 Å². The van der Waals surface area contributed by atoms with E-state index in [2.05, 4.69) is 26.2 Å². The summed E-state index contributed by atoms with van der Waals surface area (Å²) >= 11 is 15.7. The molecular weight excluding hydrogens is 368 g/mol. The molecule has 100 valence electrons. The molecule has 0 fully saturated rings. The third-order valence-electron chi connectivity index (χ3n) is 2.45. The SMILES string of the molecule is Cc1[nH]c(=S)sc1CC(=O)Nc1ccc(Br)c(Cl)c1. The van der Waals surface area contributed by atoms with E-state index in [0.717, 1.165) is 15.0 Å². The Morgan fingerprint density at radius 3 is 2.89 bits per heavy atom. The minimum absolute atomic E-state index is 0.0910. The normalized spacial score (nSPS) is 10.5. The number of thiazole rings is 1. The lowest BCUT2D eigenvalue weighted by Gasteiger charge is -2.06. The molecule has 0 saturated carbocycles. The van der Waals surface area contributed by atoms with Gasteiger partial charge in [-0.15, -0.1) is 11.3 Å². The number of amides is 1. The molecule has 1 aromatic carbocycles. The van der Waals surface area contributed by atoms with Crippen molar-refractivity contribution in [3.8, 4) is 0 Å². The zero-order chi connectivity index (χ0) is 14.0. The fourth-order valence-electron chi connectivity index (χ4n) is 1.53. The Morgan fingerprint density at radius 1 is 1.58 bits per heavy atom. The first-order chi connectivity index (χ1) is 8.95. The molecule has 0 saturated heterocycles. The summed E-state index contributed by atoms with van der Waals surface area (Å²) in [6.07, 6.45) is 0.303. The van der Waals surface area contributed by atoms with Gasteiger partial charge in [-0.25, -0.2) is 0 Å². The summed E-state index contributed by atoms with van der Waals surface area (Å²) in [6.45, 7) is 1.91. The summed E-state index contributed by atoms with van der Waals surface area (Å²) < 4.78 is 1.48. The first-order valence-corrected chi connectivity index (χ1v) is 7.79. The van der Waals surface area contributed by atoms with Gasteiger partial charge in [-0.1, -0.05) is 11.6 Å². The number of nitrogens with one attached hydrogen (secondary N) is 2. The predicted molar refractivity (Wildman–Crippen MR) is 85.7 cm³/mol. The summed E-state index contributed by atoms with van der Waals surface area (Å²) in [5, 5.41) is 3.37. The van der Waals surface area contributed by atoms with E-state index in [1.807, 2.05) is 6.92 Å². The molecule has 0 spiro atoms. The highest BCUT2D eigenvalue weighted by molar-refractivity contribution is 9.10. The fraction of sp³-hybridized carbons (Fsp3) is 0.167. The number of H-pyrrole nitrogens is 1. The number of aromatic amines is 1. The van der Waals surface area contributed by atoms with Crippen molar-refractivity contribution < 1.29 is 4.79 Å². The number of aryl methyl sites for hydroxylation is 1. The van der Waals surface area contributed by atoms with Gasteiger partial charge in [0.2, 0.25) is 5.91 Å². The Hall–Kier alpha value is -0.690. The van der Waals surface area contributed by atoms with Gasteiger partial charge in [-0.3, -0.25) is 4.79 Å². The third-order valence-corrected chi connectivity index (χ3v) is 5.02. The predicted octanol–water partition coefficient (Wildman–Crippen LogP) is 4.71. The first kappa shape index (κ1) is 14.7. The lowest BCUT2D eigenvalue weighted by molar-refractivity contribution is -0.115. The van der Waals surface area contributed by atoms with Crippen LogP contribution in [0.25, 0.3) is 0 Å². The Morgan fingerprint density at radius 2 is 2.32 bits per heavy atom. The quantitative estimate of drug-likeness (QED) is 0.761. The molecule has 2 rings (SSSR count). The van der Waals surface area contributed by atoms with Crippen molar-refractivity contribution in [1.82, 2.24) is 4.98 Å². The zero-order valence-electron chi connectivity index (χ0n) is 9.92. The lowest BCUT2D eigenvalue weighted by atomic mass is 10.2. The number of anilines is 1. The molecule has 0 atom stereocenters. The van der Waals surface area contributed by atoms with E-state index < -0.39 is 0 Å². The summed E-state index contributed by atoms with van der Waals surface area (Å²) in [4.78, 5) is 15.9. The summed E-state index contributed by atoms with van der Waals surface area (Å²) in [5.41, 5.74) is 1.62. The summed E-state index contributed by atoms with van der Waals surface area (Å²) in [5.74, 6) is -0.0910. The van der Waals surface area contributed by atoms with Crippen LogP contribution in [0.15, 0.2) is 22.7 Å². The maximum atomic E-state index is 11.9. The topological polar surface area (TPSA) is 44.9 Å². The van der Waals surface area contributed by atoms with Crippen LogP contribution in [-0.4, -0.2) is 10.9 Å². The van der Waals surface area contributed by atoms with E-state index in [4.69, 9.17) is 23.8 Å². The molecule has 1 amide bonds. The largest absolute Gasteiger partial charge is 0.341 e. The van der Waals surface area contributed by atoms with Gasteiger partial charge in [0.25, 0.3) is 0 Å². The summed E-state index contributed by atoms with van der Waals surface area (Å²) in [6, 6.07) is 5.29. The molecule has 19 heavy (non-hydrogen) atoms. The van der Waals surface area contributed by atoms with Crippen LogP contribution in [0.3, 0.4) is 0 Å². The van der Waals surface area contributed by atoms with Crippen molar-refractivity contribution in [2.75, 3.05) is 5.32 Å². The zero-order valence-corrected chi connectivity index (χ0v) is 13.9. The Balaban J connectivity index is 2.07. The highest BCUT2D eigenvalue weighted by Crippen LogP contribution is 2.25. The van der Waals surface area contributed by atoms with Crippen LogP contribution in [0.1, 0.15) is 10.6 Å². The van der Waals surface area contributed by atoms with Crippen LogP contribution < -0.4 is 5.32 Å². The van der Waals surface area contributed by atoms with Crippen LogP contribution in [0.4, 0.5) is 5.69 Å². The number of aromatic nitrogens is 1. The van der Waals surface area contributed by atoms with E-state index >= 15 is 0 Å². The molecule has 0 radical (unpaired) electrons. The fourth-order valence-corrected chi connectivity index (χ4v) is 3.25. The van der Waals surface area contributed by atoms with Gasteiger partial charge in [-0.2, -0.15) is 0 Å². The van der Waals surface area contributed by atoms with Crippen molar-refractivity contribution >= 4 is 62.7 Å². The van der Waals surface area contributed by atoms with E-state index in [1.54, 1.807) is 18.2 Å². The van der Waals surface area contributed by atoms with Gasteiger partial charge < -0.3 is 10.3 Å². The van der Waals surface area contributed by atoms with Gasteiger partial charge in [0.15, 0.2) is 3.95 Å². The van der Waals surface area contributed by atoms with E-state index in [1.165, 1.54) is 11.3 Å². The van der Waals surface area contributed by atoms with E-state index in [-0.39, 0.29) is 5.91 Å². The average Bonchev–Trinajstić information content (AvgIpc) is 2.62. The number of rotatable bonds is 3. The van der Waals surface area contributed by atoms with Gasteiger partial charge in [0.05, 0.1) is 11.4 Å². The maximum Gasteiger partial charge on any atom is 0.229 e. The molecule has 0 aliphatic heterocycles. The second-order valence-electron chi connectivity index (χ2n) is 3.92. The molecule has 3 nitrogen and oxygen atoms in total. The molecular formula is C12H10BrClN2OS2. The molecule has 0 bridgehead atoms. The number of hydrogen-bond donors (Lipinski definition) is 2. The van der Waals surface area contributed by atoms with Gasteiger partial charge >= 0.3 is 0 Å². The number of hydrogen-bond acceptors (Lipinski definition) is 3. The van der Waals surface area contributed by atoms with Crippen LogP contribution in [-0.2, 0) is 11.2 Å². The van der Waals surface area contributed by atoms with Gasteiger partial charge in [0.1, 0.15) is 0 Å². The van der Waals surface area contributed by atoms with Crippen LogP contribution in [0.5, 0.6) is 0 Å². The second-order valence-corrected chi connectivity index (χ2v) is 6.95. The molecule has 0 unspecified atom stereocenters. The second kappa shape index (κ2) is 6.17. The van der Waals surface area contributed by atoms with Gasteiger partial charge in [-0.05, 0) is 53.3 Å². The van der Waals surface area contributed by atoms with E-state index in [9.17, 15) is 4.79 Å². The molecule has 0 aliphatic carbocycles. The average molecular weight is 378 g/mol. The van der Waals surface area contributed by atoms with Gasteiger partial charge in [0, 0.05) is 20.7 Å². The Kier molecular flexibility index (Phi) is 4.78. The number of carbonyl (C=O) groups is 1. The maximum absolute atomic E-state index is 11.9.